The van der Waals surface area contributed by atoms with E-state index in [-0.39, 0.29) is 11.8 Å². The van der Waals surface area contributed by atoms with E-state index < -0.39 is 0 Å². The van der Waals surface area contributed by atoms with E-state index in [1.165, 1.54) is 0 Å². The fourth-order valence-electron chi connectivity index (χ4n) is 2.35. The molecule has 0 spiro atoms. The molecule has 1 aromatic rings. The molecule has 1 aliphatic rings. The van der Waals surface area contributed by atoms with Crippen LogP contribution in [0.15, 0.2) is 24.3 Å². The molecular formula is C15H19ClN2O2. The van der Waals surface area contributed by atoms with E-state index in [0.717, 1.165) is 18.5 Å². The third-order valence-electron chi connectivity index (χ3n) is 3.58. The summed E-state index contributed by atoms with van der Waals surface area (Å²) in [6.07, 6.45) is 0.824. The quantitative estimate of drug-likeness (QED) is 0.784. The molecule has 1 saturated heterocycles. The van der Waals surface area contributed by atoms with Crippen LogP contribution in [-0.2, 0) is 10.7 Å². The Labute approximate surface area is 124 Å². The van der Waals surface area contributed by atoms with Gasteiger partial charge in [-0.05, 0) is 24.1 Å². The molecule has 0 bridgehead atoms. The Morgan fingerprint density at radius 2 is 1.65 bits per heavy atom. The van der Waals surface area contributed by atoms with Gasteiger partial charge < -0.3 is 9.80 Å². The summed E-state index contributed by atoms with van der Waals surface area (Å²) in [5.74, 6) is 0.549. The van der Waals surface area contributed by atoms with E-state index in [2.05, 4.69) is 0 Å². The van der Waals surface area contributed by atoms with Gasteiger partial charge in [-0.3, -0.25) is 9.59 Å². The van der Waals surface area contributed by atoms with Gasteiger partial charge in [0.2, 0.25) is 5.91 Å². The van der Waals surface area contributed by atoms with Crippen molar-refractivity contribution in [2.24, 2.45) is 0 Å². The monoisotopic (exact) mass is 294 g/mol. The molecule has 4 nitrogen and oxygen atoms in total. The number of rotatable bonds is 2. The highest BCUT2D eigenvalue weighted by atomic mass is 35.5. The molecule has 0 atom stereocenters. The fourth-order valence-corrected chi connectivity index (χ4v) is 2.53. The highest BCUT2D eigenvalue weighted by Crippen LogP contribution is 2.12. The fraction of sp³-hybridized carbons (Fsp3) is 0.467. The summed E-state index contributed by atoms with van der Waals surface area (Å²) in [5.41, 5.74) is 1.68. The number of nitrogens with zero attached hydrogens (tertiary/aromatic N) is 2. The Bertz CT molecular complexity index is 487. The second-order valence-electron chi connectivity index (χ2n) is 4.98. The van der Waals surface area contributed by atoms with E-state index in [1.54, 1.807) is 11.8 Å². The zero-order valence-electron chi connectivity index (χ0n) is 11.6. The summed E-state index contributed by atoms with van der Waals surface area (Å²) in [4.78, 5) is 27.4. The van der Waals surface area contributed by atoms with Gasteiger partial charge in [-0.25, -0.2) is 0 Å². The lowest BCUT2D eigenvalue weighted by Crippen LogP contribution is -2.36. The van der Waals surface area contributed by atoms with Crippen LogP contribution in [0.25, 0.3) is 0 Å². The Kier molecular flexibility index (Phi) is 5.01. The lowest BCUT2D eigenvalue weighted by atomic mass is 10.1. The molecule has 20 heavy (non-hydrogen) atoms. The molecule has 0 N–H and O–H groups in total. The van der Waals surface area contributed by atoms with Gasteiger partial charge in [0.1, 0.15) is 0 Å². The molecule has 1 aromatic carbocycles. The number of hydrogen-bond donors (Lipinski definition) is 0. The van der Waals surface area contributed by atoms with Crippen molar-refractivity contribution >= 4 is 23.4 Å². The summed E-state index contributed by atoms with van der Waals surface area (Å²) in [7, 11) is 0. The highest BCUT2D eigenvalue weighted by molar-refractivity contribution is 6.17. The number of carbonyl (C=O) groups is 2. The number of benzene rings is 1. The van der Waals surface area contributed by atoms with Gasteiger partial charge in [0.15, 0.2) is 0 Å². The van der Waals surface area contributed by atoms with Crippen LogP contribution >= 0.6 is 11.6 Å². The van der Waals surface area contributed by atoms with Crippen molar-refractivity contribution in [2.45, 2.75) is 19.2 Å². The van der Waals surface area contributed by atoms with Gasteiger partial charge in [-0.2, -0.15) is 0 Å². The lowest BCUT2D eigenvalue weighted by molar-refractivity contribution is -0.128. The van der Waals surface area contributed by atoms with Crippen LogP contribution in [0.5, 0.6) is 0 Å². The molecule has 0 saturated carbocycles. The predicted molar refractivity (Wildman–Crippen MR) is 78.8 cm³/mol. The predicted octanol–water partition coefficient (Wildman–Crippen LogP) is 2.12. The molecule has 2 rings (SSSR count). The first-order valence-corrected chi connectivity index (χ1v) is 7.35. The van der Waals surface area contributed by atoms with Crippen molar-refractivity contribution in [1.29, 1.82) is 0 Å². The van der Waals surface area contributed by atoms with Gasteiger partial charge in [-0.1, -0.05) is 12.1 Å². The highest BCUT2D eigenvalue weighted by Gasteiger charge is 2.21. The maximum atomic E-state index is 12.4. The molecule has 1 heterocycles. The van der Waals surface area contributed by atoms with E-state index in [4.69, 9.17) is 11.6 Å². The minimum absolute atomic E-state index is 0.0246. The Morgan fingerprint density at radius 1 is 1.05 bits per heavy atom. The number of hydrogen-bond acceptors (Lipinski definition) is 2. The topological polar surface area (TPSA) is 40.6 Å². The van der Waals surface area contributed by atoms with E-state index in [1.807, 2.05) is 29.2 Å². The SMILES string of the molecule is CC(=O)N1CCCN(C(=O)c2ccc(CCl)cc2)CC1. The molecule has 0 aromatic heterocycles. The van der Waals surface area contributed by atoms with Gasteiger partial charge in [0.25, 0.3) is 5.91 Å². The number of amides is 2. The van der Waals surface area contributed by atoms with Crippen molar-refractivity contribution in [3.05, 3.63) is 35.4 Å². The molecule has 0 unspecified atom stereocenters. The number of halogens is 1. The van der Waals surface area contributed by atoms with Crippen LogP contribution in [-0.4, -0.2) is 47.8 Å². The van der Waals surface area contributed by atoms with Gasteiger partial charge in [0, 0.05) is 44.5 Å². The smallest absolute Gasteiger partial charge is 0.253 e. The normalized spacial score (nSPS) is 15.9. The molecule has 5 heteroatoms. The van der Waals surface area contributed by atoms with Crippen molar-refractivity contribution in [3.63, 3.8) is 0 Å². The van der Waals surface area contributed by atoms with Crippen molar-refractivity contribution < 1.29 is 9.59 Å². The summed E-state index contributed by atoms with van der Waals surface area (Å²) in [6, 6.07) is 7.38. The first-order chi connectivity index (χ1) is 9.61. The number of carbonyl (C=O) groups excluding carboxylic acids is 2. The minimum Gasteiger partial charge on any atom is -0.341 e. The Morgan fingerprint density at radius 3 is 2.25 bits per heavy atom. The Hall–Kier alpha value is -1.55. The van der Waals surface area contributed by atoms with Gasteiger partial charge >= 0.3 is 0 Å². The summed E-state index contributed by atoms with van der Waals surface area (Å²) >= 11 is 5.74. The van der Waals surface area contributed by atoms with Crippen LogP contribution in [0, 0.1) is 0 Å². The third-order valence-corrected chi connectivity index (χ3v) is 3.89. The standard InChI is InChI=1S/C15H19ClN2O2/c1-12(19)17-7-2-8-18(10-9-17)15(20)14-5-3-13(11-16)4-6-14/h3-6H,2,7-11H2,1H3. The zero-order valence-corrected chi connectivity index (χ0v) is 12.4. The second-order valence-corrected chi connectivity index (χ2v) is 5.25. The second kappa shape index (κ2) is 6.75. The molecular weight excluding hydrogens is 276 g/mol. The first-order valence-electron chi connectivity index (χ1n) is 6.81. The van der Waals surface area contributed by atoms with E-state index in [9.17, 15) is 9.59 Å². The number of alkyl halides is 1. The zero-order chi connectivity index (χ0) is 14.5. The lowest BCUT2D eigenvalue weighted by Gasteiger charge is -2.21. The summed E-state index contributed by atoms with van der Waals surface area (Å²) < 4.78 is 0. The van der Waals surface area contributed by atoms with Crippen LogP contribution < -0.4 is 0 Å². The van der Waals surface area contributed by atoms with Gasteiger partial charge in [-0.15, -0.1) is 11.6 Å². The molecule has 2 amide bonds. The van der Waals surface area contributed by atoms with E-state index >= 15 is 0 Å². The molecule has 1 fully saturated rings. The van der Waals surface area contributed by atoms with Crippen molar-refractivity contribution in [1.82, 2.24) is 9.80 Å². The van der Waals surface area contributed by atoms with Crippen molar-refractivity contribution in [2.75, 3.05) is 26.2 Å². The van der Waals surface area contributed by atoms with Crippen LogP contribution in [0.2, 0.25) is 0 Å². The first kappa shape index (κ1) is 14.9. The molecule has 0 aliphatic carbocycles. The molecule has 108 valence electrons. The molecule has 0 radical (unpaired) electrons. The maximum absolute atomic E-state index is 12.4. The average Bonchev–Trinajstić information content (AvgIpc) is 2.72. The van der Waals surface area contributed by atoms with Crippen LogP contribution in [0.4, 0.5) is 0 Å². The molecule has 1 aliphatic heterocycles. The van der Waals surface area contributed by atoms with Gasteiger partial charge in [0.05, 0.1) is 0 Å². The van der Waals surface area contributed by atoms with Crippen molar-refractivity contribution in [3.8, 4) is 0 Å². The van der Waals surface area contributed by atoms with Crippen LogP contribution in [0.3, 0.4) is 0 Å². The van der Waals surface area contributed by atoms with Crippen LogP contribution in [0.1, 0.15) is 29.3 Å². The third kappa shape index (κ3) is 3.51. The summed E-state index contributed by atoms with van der Waals surface area (Å²) in [5, 5.41) is 0. The largest absolute Gasteiger partial charge is 0.341 e. The average molecular weight is 295 g/mol. The maximum Gasteiger partial charge on any atom is 0.253 e. The summed E-state index contributed by atoms with van der Waals surface area (Å²) in [6.45, 7) is 4.20. The minimum atomic E-state index is 0.0246. The Balaban J connectivity index is 2.03. The van der Waals surface area contributed by atoms with E-state index in [0.29, 0.717) is 31.1 Å².